The van der Waals surface area contributed by atoms with Gasteiger partial charge < -0.3 is 9.84 Å². The Morgan fingerprint density at radius 2 is 2.12 bits per heavy atom. The first-order valence-corrected chi connectivity index (χ1v) is 10.4. The van der Waals surface area contributed by atoms with Crippen LogP contribution in [0.25, 0.3) is 11.8 Å². The second kappa shape index (κ2) is 11.7. The minimum absolute atomic E-state index is 0.122. The number of Topliss-reactive ketones (excluding diaryl/α,β-unsaturated/α-hetero) is 1. The molecule has 33 heavy (non-hydrogen) atoms. The van der Waals surface area contributed by atoms with Gasteiger partial charge in [0.2, 0.25) is 0 Å². The highest BCUT2D eigenvalue weighted by Gasteiger charge is 2.20. The van der Waals surface area contributed by atoms with Crippen molar-refractivity contribution < 1.29 is 14.6 Å². The number of nitrogens with zero attached hydrogens (tertiary/aromatic N) is 5. The van der Waals surface area contributed by atoms with E-state index in [1.807, 2.05) is 13.8 Å². The van der Waals surface area contributed by atoms with Gasteiger partial charge in [-0.25, -0.2) is 4.98 Å². The third-order valence-corrected chi connectivity index (χ3v) is 4.50. The predicted octanol–water partition coefficient (Wildman–Crippen LogP) is 3.13. The van der Waals surface area contributed by atoms with Crippen LogP contribution in [0.5, 0.6) is 5.75 Å². The zero-order chi connectivity index (χ0) is 24.5. The molecule has 0 amide bonds. The van der Waals surface area contributed by atoms with Gasteiger partial charge in [0, 0.05) is 18.5 Å². The van der Waals surface area contributed by atoms with Crippen molar-refractivity contribution in [1.82, 2.24) is 14.7 Å². The highest BCUT2D eigenvalue weighted by atomic mass is 16.5. The lowest BCUT2D eigenvalue weighted by Crippen LogP contribution is -2.28. The summed E-state index contributed by atoms with van der Waals surface area (Å²) in [6.45, 7) is 13.5. The van der Waals surface area contributed by atoms with E-state index in [2.05, 4.69) is 28.5 Å². The number of aliphatic hydroxyl groups excluding tert-OH is 1. The van der Waals surface area contributed by atoms with Crippen LogP contribution in [0.3, 0.4) is 0 Å². The normalized spacial score (nSPS) is 11.3. The molecule has 1 aromatic carbocycles. The van der Waals surface area contributed by atoms with Gasteiger partial charge in [0.1, 0.15) is 24.7 Å². The summed E-state index contributed by atoms with van der Waals surface area (Å²) in [5.74, 6) is 0.195. The molecule has 1 heterocycles. The third kappa shape index (κ3) is 6.11. The van der Waals surface area contributed by atoms with Gasteiger partial charge in [-0.05, 0) is 52.0 Å². The van der Waals surface area contributed by atoms with Gasteiger partial charge in [-0.2, -0.15) is 15.3 Å². The first-order valence-electron chi connectivity index (χ1n) is 10.4. The van der Waals surface area contributed by atoms with Crippen molar-refractivity contribution >= 4 is 24.8 Å². The van der Waals surface area contributed by atoms with Crippen molar-refractivity contribution in [3.8, 4) is 11.4 Å². The van der Waals surface area contributed by atoms with Crippen LogP contribution in [0.2, 0.25) is 0 Å². The summed E-state index contributed by atoms with van der Waals surface area (Å²) in [5, 5.41) is 18.8. The van der Waals surface area contributed by atoms with E-state index in [0.29, 0.717) is 28.3 Å². The van der Waals surface area contributed by atoms with E-state index in [9.17, 15) is 14.7 Å². The number of hydrogen-bond donors (Lipinski definition) is 1. The minimum atomic E-state index is -0.486. The van der Waals surface area contributed by atoms with E-state index in [1.54, 1.807) is 44.2 Å². The second-order valence-electron chi connectivity index (χ2n) is 7.24. The van der Waals surface area contributed by atoms with Crippen LogP contribution in [0.15, 0.2) is 51.9 Å². The maximum Gasteiger partial charge on any atom is 0.265 e. The van der Waals surface area contributed by atoms with E-state index in [0.717, 1.165) is 5.12 Å². The highest BCUT2D eigenvalue weighted by molar-refractivity contribution is 5.98. The zero-order valence-electron chi connectivity index (χ0n) is 19.4. The number of rotatable bonds is 11. The zero-order valence-corrected chi connectivity index (χ0v) is 19.4. The first kappa shape index (κ1) is 25.4. The maximum absolute atomic E-state index is 13.4. The summed E-state index contributed by atoms with van der Waals surface area (Å²) in [6.07, 6.45) is 6.08. The van der Waals surface area contributed by atoms with Gasteiger partial charge in [0.15, 0.2) is 5.78 Å². The number of aliphatic hydroxyl groups is 1. The van der Waals surface area contributed by atoms with Crippen molar-refractivity contribution in [3.63, 3.8) is 0 Å². The molecule has 0 aliphatic carbocycles. The molecule has 0 spiro atoms. The third-order valence-electron chi connectivity index (χ3n) is 4.50. The van der Waals surface area contributed by atoms with Crippen LogP contribution < -0.4 is 10.3 Å². The molecule has 9 heteroatoms. The van der Waals surface area contributed by atoms with Crippen molar-refractivity contribution in [2.45, 2.75) is 40.4 Å². The van der Waals surface area contributed by atoms with E-state index in [4.69, 9.17) is 4.74 Å². The van der Waals surface area contributed by atoms with Gasteiger partial charge in [-0.1, -0.05) is 18.7 Å². The molecule has 0 aliphatic rings. The molecule has 0 unspecified atom stereocenters. The molecular formula is C24H29N5O4. The molecule has 1 N–H and O–H groups in total. The molecule has 2 aromatic rings. The smallest absolute Gasteiger partial charge is 0.265 e. The molecule has 2 rings (SSSR count). The number of ketones is 1. The summed E-state index contributed by atoms with van der Waals surface area (Å²) < 4.78 is 7.17. The number of carbonyl (C=O) groups is 1. The van der Waals surface area contributed by atoms with Gasteiger partial charge in [0.05, 0.1) is 23.0 Å². The molecular weight excluding hydrogens is 422 g/mol. The maximum atomic E-state index is 13.4. The lowest BCUT2D eigenvalue weighted by molar-refractivity contribution is 0.0936. The van der Waals surface area contributed by atoms with Crippen LogP contribution in [0.4, 0.5) is 0 Å². The predicted molar refractivity (Wildman–Crippen MR) is 130 cm³/mol. The van der Waals surface area contributed by atoms with Crippen LogP contribution in [0, 0.1) is 6.92 Å². The van der Waals surface area contributed by atoms with E-state index in [-0.39, 0.29) is 24.3 Å². The van der Waals surface area contributed by atoms with Crippen molar-refractivity contribution in [3.05, 3.63) is 69.9 Å². The van der Waals surface area contributed by atoms with Gasteiger partial charge in [0.25, 0.3) is 5.56 Å². The number of benzene rings is 1. The molecule has 0 aliphatic heterocycles. The number of allylic oxidation sites excluding steroid dienone is 2. The lowest BCUT2D eigenvalue weighted by Gasteiger charge is -2.20. The molecule has 174 valence electrons. The Morgan fingerprint density at radius 1 is 1.39 bits per heavy atom. The summed E-state index contributed by atoms with van der Waals surface area (Å²) in [7, 11) is 0. The standard InChI is InChI=1S/C24H29N5O4/c1-7-9-10-19-17(5)27-23(15-30)29(24(19)32)20-13-18(11-12-22(20)33-16(3)4)21(31)14-28(25-6)26-8-2/h7-13,16,30H,1,6,14-15H2,2-5H3/b10-9-,26-8-. The largest absolute Gasteiger partial charge is 0.489 e. The van der Waals surface area contributed by atoms with Gasteiger partial charge >= 0.3 is 0 Å². The Kier molecular flexibility index (Phi) is 8.99. The van der Waals surface area contributed by atoms with Crippen LogP contribution in [-0.4, -0.2) is 51.1 Å². The van der Waals surface area contributed by atoms with Crippen LogP contribution >= 0.6 is 0 Å². The quantitative estimate of drug-likeness (QED) is 0.243. The summed E-state index contributed by atoms with van der Waals surface area (Å²) in [4.78, 5) is 30.7. The molecule has 0 radical (unpaired) electrons. The number of hydrazone groups is 2. The average molecular weight is 452 g/mol. The molecule has 0 saturated heterocycles. The van der Waals surface area contributed by atoms with Crippen molar-refractivity contribution in [2.75, 3.05) is 6.54 Å². The Labute approximate surface area is 193 Å². The Bertz CT molecular complexity index is 1150. The molecule has 0 bridgehead atoms. The minimum Gasteiger partial charge on any atom is -0.489 e. The van der Waals surface area contributed by atoms with E-state index < -0.39 is 12.2 Å². The number of carbonyl (C=O) groups excluding carboxylic acids is 1. The Morgan fingerprint density at radius 3 is 2.70 bits per heavy atom. The number of hydrogen-bond acceptors (Lipinski definition) is 8. The fraction of sp³-hybridized carbons (Fsp3) is 0.292. The fourth-order valence-electron chi connectivity index (χ4n) is 3.11. The van der Waals surface area contributed by atoms with Gasteiger partial charge in [-0.15, -0.1) is 0 Å². The van der Waals surface area contributed by atoms with Crippen LogP contribution in [-0.2, 0) is 6.61 Å². The number of ether oxygens (including phenoxy) is 1. The molecule has 0 saturated carbocycles. The topological polar surface area (TPSA) is 109 Å². The van der Waals surface area contributed by atoms with E-state index >= 15 is 0 Å². The summed E-state index contributed by atoms with van der Waals surface area (Å²) in [6, 6.07) is 4.75. The summed E-state index contributed by atoms with van der Waals surface area (Å²) >= 11 is 0. The monoisotopic (exact) mass is 451 g/mol. The van der Waals surface area contributed by atoms with Crippen molar-refractivity contribution in [1.29, 1.82) is 0 Å². The molecule has 0 fully saturated rings. The molecule has 9 nitrogen and oxygen atoms in total. The molecule has 1 aromatic heterocycles. The van der Waals surface area contributed by atoms with Crippen LogP contribution in [0.1, 0.15) is 48.2 Å². The Hall–Kier alpha value is -3.85. The molecule has 0 atom stereocenters. The fourth-order valence-corrected chi connectivity index (χ4v) is 3.11. The average Bonchev–Trinajstić information content (AvgIpc) is 2.78. The Balaban J connectivity index is 2.76. The lowest BCUT2D eigenvalue weighted by atomic mass is 10.1. The number of aromatic nitrogens is 2. The van der Waals surface area contributed by atoms with E-state index in [1.165, 1.54) is 16.8 Å². The summed E-state index contributed by atoms with van der Waals surface area (Å²) in [5.41, 5.74) is 0.982. The van der Waals surface area contributed by atoms with Crippen molar-refractivity contribution in [2.24, 2.45) is 10.2 Å². The van der Waals surface area contributed by atoms with Gasteiger partial charge in [-0.3, -0.25) is 14.2 Å². The first-order chi connectivity index (χ1) is 15.8. The highest BCUT2D eigenvalue weighted by Crippen LogP contribution is 2.26. The number of aryl methyl sites for hydroxylation is 1. The second-order valence-corrected chi connectivity index (χ2v) is 7.24. The SMILES string of the molecule is C=C/C=C\c1c(C)nc(CO)n(-c2cc(C(=O)CN(N=C)/N=C\C)ccc2OC(C)C)c1=O.